The summed E-state index contributed by atoms with van der Waals surface area (Å²) < 4.78 is 7.55. The number of benzene rings is 2. The van der Waals surface area contributed by atoms with E-state index >= 15 is 0 Å². The Bertz CT molecular complexity index is 1080. The molecule has 1 unspecified atom stereocenters. The molecule has 2 aromatic carbocycles. The first-order valence-corrected chi connectivity index (χ1v) is 9.60. The number of nitrogens with zero attached hydrogens (tertiary/aromatic N) is 3. The van der Waals surface area contributed by atoms with E-state index in [9.17, 15) is 0 Å². The second-order valence-corrected chi connectivity index (χ2v) is 7.72. The molecule has 0 aliphatic carbocycles. The Balaban J connectivity index is 1.81. The summed E-state index contributed by atoms with van der Waals surface area (Å²) in [6.07, 6.45) is 4.56. The van der Waals surface area contributed by atoms with Gasteiger partial charge in [-0.1, -0.05) is 61.0 Å². The molecule has 0 fully saturated rings. The summed E-state index contributed by atoms with van der Waals surface area (Å²) in [7, 11) is 1.74. The van der Waals surface area contributed by atoms with Crippen LogP contribution in [0.5, 0.6) is 0 Å². The fraction of sp³-hybridized carbons (Fsp3) is 0.217. The SMILES string of the molecule is COCC(C)(Cc1ccccc1)c1ccnc2c(-c3ccc(Cl)cc3)cnn12. The lowest BCUT2D eigenvalue weighted by molar-refractivity contribution is 0.134. The monoisotopic (exact) mass is 391 g/mol. The lowest BCUT2D eigenvalue weighted by atomic mass is 9.81. The van der Waals surface area contributed by atoms with E-state index in [1.54, 1.807) is 7.11 Å². The van der Waals surface area contributed by atoms with Crippen molar-refractivity contribution in [2.75, 3.05) is 13.7 Å². The van der Waals surface area contributed by atoms with Crippen molar-refractivity contribution in [2.45, 2.75) is 18.8 Å². The lowest BCUT2D eigenvalue weighted by Gasteiger charge is -2.29. The van der Waals surface area contributed by atoms with Crippen LogP contribution in [0.3, 0.4) is 0 Å². The van der Waals surface area contributed by atoms with Crippen LogP contribution in [-0.4, -0.2) is 28.3 Å². The van der Waals surface area contributed by atoms with Gasteiger partial charge in [0.2, 0.25) is 0 Å². The maximum absolute atomic E-state index is 6.04. The Hall–Kier alpha value is -2.69. The number of aromatic nitrogens is 3. The highest BCUT2D eigenvalue weighted by Crippen LogP contribution is 2.31. The second-order valence-electron chi connectivity index (χ2n) is 7.29. The third-order valence-corrected chi connectivity index (χ3v) is 5.33. The molecule has 2 heterocycles. The van der Waals surface area contributed by atoms with Crippen LogP contribution in [0.4, 0.5) is 0 Å². The predicted molar refractivity (Wildman–Crippen MR) is 113 cm³/mol. The van der Waals surface area contributed by atoms with Gasteiger partial charge in [0, 0.05) is 29.3 Å². The van der Waals surface area contributed by atoms with Gasteiger partial charge in [0.05, 0.1) is 18.5 Å². The van der Waals surface area contributed by atoms with Gasteiger partial charge in [-0.05, 0) is 35.7 Å². The zero-order valence-electron chi connectivity index (χ0n) is 16.0. The lowest BCUT2D eigenvalue weighted by Crippen LogP contribution is -2.33. The van der Waals surface area contributed by atoms with Crippen molar-refractivity contribution >= 4 is 17.2 Å². The van der Waals surface area contributed by atoms with E-state index in [0.717, 1.165) is 28.9 Å². The average Bonchev–Trinajstić information content (AvgIpc) is 3.13. The van der Waals surface area contributed by atoms with Crippen molar-refractivity contribution in [1.82, 2.24) is 14.6 Å². The zero-order valence-corrected chi connectivity index (χ0v) is 16.7. The Labute approximate surface area is 169 Å². The largest absolute Gasteiger partial charge is 0.384 e. The van der Waals surface area contributed by atoms with Gasteiger partial charge in [0.25, 0.3) is 0 Å². The predicted octanol–water partition coefficient (Wildman–Crippen LogP) is 5.20. The van der Waals surface area contributed by atoms with E-state index < -0.39 is 0 Å². The molecule has 4 aromatic rings. The third kappa shape index (κ3) is 3.53. The topological polar surface area (TPSA) is 39.4 Å². The third-order valence-electron chi connectivity index (χ3n) is 5.07. The summed E-state index contributed by atoms with van der Waals surface area (Å²) in [5.74, 6) is 0. The van der Waals surface area contributed by atoms with Crippen LogP contribution >= 0.6 is 11.6 Å². The number of hydrogen-bond acceptors (Lipinski definition) is 3. The smallest absolute Gasteiger partial charge is 0.163 e. The molecule has 142 valence electrons. The first kappa shape index (κ1) is 18.7. The molecule has 0 aliphatic rings. The minimum Gasteiger partial charge on any atom is -0.384 e. The fourth-order valence-corrected chi connectivity index (χ4v) is 3.89. The molecular formula is C23H22ClN3O. The van der Waals surface area contributed by atoms with Crippen LogP contribution in [0.1, 0.15) is 18.2 Å². The highest BCUT2D eigenvalue weighted by Gasteiger charge is 2.31. The number of ether oxygens (including phenoxy) is 1. The molecule has 4 nitrogen and oxygen atoms in total. The van der Waals surface area contributed by atoms with E-state index in [2.05, 4.69) is 41.3 Å². The summed E-state index contributed by atoms with van der Waals surface area (Å²) >= 11 is 6.04. The summed E-state index contributed by atoms with van der Waals surface area (Å²) in [5, 5.41) is 5.39. The Morgan fingerprint density at radius 2 is 1.79 bits per heavy atom. The van der Waals surface area contributed by atoms with Crippen molar-refractivity contribution in [3.63, 3.8) is 0 Å². The van der Waals surface area contributed by atoms with E-state index in [1.165, 1.54) is 5.56 Å². The number of hydrogen-bond donors (Lipinski definition) is 0. The van der Waals surface area contributed by atoms with Gasteiger partial charge >= 0.3 is 0 Å². The van der Waals surface area contributed by atoms with Crippen molar-refractivity contribution in [1.29, 1.82) is 0 Å². The summed E-state index contributed by atoms with van der Waals surface area (Å²) in [4.78, 5) is 4.61. The molecule has 0 bridgehead atoms. The van der Waals surface area contributed by atoms with E-state index in [0.29, 0.717) is 11.6 Å². The molecule has 0 aliphatic heterocycles. The molecule has 0 N–H and O–H groups in total. The van der Waals surface area contributed by atoms with Crippen LogP contribution in [0.15, 0.2) is 73.1 Å². The number of methoxy groups -OCH3 is 1. The molecule has 0 amide bonds. The van der Waals surface area contributed by atoms with E-state index in [4.69, 9.17) is 16.3 Å². The van der Waals surface area contributed by atoms with Crippen LogP contribution in [0.2, 0.25) is 5.02 Å². The number of fused-ring (bicyclic) bond motifs is 1. The molecule has 2 aromatic heterocycles. The normalized spacial score (nSPS) is 13.5. The van der Waals surface area contributed by atoms with Gasteiger partial charge in [-0.15, -0.1) is 0 Å². The van der Waals surface area contributed by atoms with Crippen LogP contribution in [-0.2, 0) is 16.6 Å². The van der Waals surface area contributed by atoms with Crippen LogP contribution < -0.4 is 0 Å². The molecule has 5 heteroatoms. The van der Waals surface area contributed by atoms with Crippen LogP contribution in [0, 0.1) is 0 Å². The molecule has 0 spiro atoms. The van der Waals surface area contributed by atoms with Crippen molar-refractivity contribution in [3.8, 4) is 11.1 Å². The quantitative estimate of drug-likeness (QED) is 0.453. The molecule has 28 heavy (non-hydrogen) atoms. The second kappa shape index (κ2) is 7.74. The van der Waals surface area contributed by atoms with Crippen molar-refractivity contribution in [3.05, 3.63) is 89.3 Å². The Morgan fingerprint density at radius 1 is 1.04 bits per heavy atom. The van der Waals surface area contributed by atoms with E-state index in [1.807, 2.05) is 53.3 Å². The fourth-order valence-electron chi connectivity index (χ4n) is 3.76. The molecule has 0 saturated heterocycles. The Kier molecular flexibility index (Phi) is 5.16. The zero-order chi connectivity index (χ0) is 19.6. The van der Waals surface area contributed by atoms with Gasteiger partial charge in [0.1, 0.15) is 0 Å². The van der Waals surface area contributed by atoms with Gasteiger partial charge < -0.3 is 4.74 Å². The first-order valence-electron chi connectivity index (χ1n) is 9.23. The van der Waals surface area contributed by atoms with Gasteiger partial charge in [-0.3, -0.25) is 0 Å². The van der Waals surface area contributed by atoms with Crippen molar-refractivity contribution in [2.24, 2.45) is 0 Å². The Morgan fingerprint density at radius 3 is 2.50 bits per heavy atom. The summed E-state index contributed by atoms with van der Waals surface area (Å²) in [6, 6.07) is 20.3. The minimum atomic E-state index is -0.249. The number of rotatable bonds is 6. The first-order chi connectivity index (χ1) is 13.6. The molecule has 4 rings (SSSR count). The summed E-state index contributed by atoms with van der Waals surface area (Å²) in [5.41, 5.74) is 4.94. The number of halogens is 1. The van der Waals surface area contributed by atoms with Gasteiger partial charge in [0.15, 0.2) is 5.65 Å². The highest BCUT2D eigenvalue weighted by molar-refractivity contribution is 6.30. The highest BCUT2D eigenvalue weighted by atomic mass is 35.5. The van der Waals surface area contributed by atoms with Crippen molar-refractivity contribution < 1.29 is 4.74 Å². The molecule has 1 atom stereocenters. The van der Waals surface area contributed by atoms with Gasteiger partial charge in [-0.2, -0.15) is 5.10 Å². The summed E-state index contributed by atoms with van der Waals surface area (Å²) in [6.45, 7) is 2.79. The molecule has 0 saturated carbocycles. The average molecular weight is 392 g/mol. The minimum absolute atomic E-state index is 0.249. The van der Waals surface area contributed by atoms with E-state index in [-0.39, 0.29) is 5.41 Å². The standard InChI is InChI=1S/C23H22ClN3O/c1-23(16-28-2,14-17-6-4-3-5-7-17)21-12-13-25-22-20(15-26-27(21)22)18-8-10-19(24)11-9-18/h3-13,15H,14,16H2,1-2H3. The maximum atomic E-state index is 6.04. The van der Waals surface area contributed by atoms with Crippen LogP contribution in [0.25, 0.3) is 16.8 Å². The maximum Gasteiger partial charge on any atom is 0.163 e. The molecular weight excluding hydrogens is 370 g/mol. The molecule has 0 radical (unpaired) electrons. The van der Waals surface area contributed by atoms with Gasteiger partial charge in [-0.25, -0.2) is 9.50 Å².